The molecule has 3 aromatic rings. The number of carbonyl (C=O) groups is 1. The molecule has 1 aliphatic heterocycles. The zero-order valence-electron chi connectivity index (χ0n) is 20.2. The predicted molar refractivity (Wildman–Crippen MR) is 132 cm³/mol. The van der Waals surface area contributed by atoms with Crippen LogP contribution in [0.15, 0.2) is 30.3 Å². The van der Waals surface area contributed by atoms with Gasteiger partial charge in [-0.05, 0) is 82.0 Å². The fourth-order valence-corrected chi connectivity index (χ4v) is 5.14. The number of piperidine rings is 1. The van der Waals surface area contributed by atoms with Gasteiger partial charge in [-0.15, -0.1) is 0 Å². The third kappa shape index (κ3) is 4.31. The van der Waals surface area contributed by atoms with Gasteiger partial charge in [0.1, 0.15) is 0 Å². The van der Waals surface area contributed by atoms with E-state index in [0.717, 1.165) is 37.3 Å². The molecule has 5 nitrogen and oxygen atoms in total. The number of fused-ring (bicyclic) bond motifs is 1. The van der Waals surface area contributed by atoms with Gasteiger partial charge < -0.3 is 15.2 Å². The molecular weight excluding hydrogens is 396 g/mol. The van der Waals surface area contributed by atoms with Crippen molar-refractivity contribution >= 4 is 16.8 Å². The number of benzene rings is 1. The van der Waals surface area contributed by atoms with Crippen molar-refractivity contribution in [2.45, 2.75) is 65.3 Å². The summed E-state index contributed by atoms with van der Waals surface area (Å²) in [5.74, 6) is 0.974. The zero-order chi connectivity index (χ0) is 23.0. The number of rotatable bonds is 5. The van der Waals surface area contributed by atoms with Crippen molar-refractivity contribution in [1.29, 1.82) is 0 Å². The highest BCUT2D eigenvalue weighted by molar-refractivity contribution is 5.92. The van der Waals surface area contributed by atoms with Crippen LogP contribution in [0.2, 0.25) is 0 Å². The Balaban J connectivity index is 1.72. The summed E-state index contributed by atoms with van der Waals surface area (Å²) >= 11 is 0. The molecule has 0 bridgehead atoms. The Morgan fingerprint density at radius 1 is 1.16 bits per heavy atom. The molecule has 1 fully saturated rings. The van der Waals surface area contributed by atoms with Crippen LogP contribution in [0.3, 0.4) is 0 Å². The number of aromatic nitrogens is 2. The van der Waals surface area contributed by atoms with Crippen LogP contribution in [0, 0.1) is 13.8 Å². The molecule has 4 rings (SSSR count). The summed E-state index contributed by atoms with van der Waals surface area (Å²) in [6.07, 6.45) is 2.18. The number of pyridine rings is 1. The summed E-state index contributed by atoms with van der Waals surface area (Å²) in [6.45, 7) is 12.2. The molecule has 170 valence electrons. The number of amides is 1. The fourth-order valence-electron chi connectivity index (χ4n) is 5.14. The van der Waals surface area contributed by atoms with Gasteiger partial charge >= 0.3 is 0 Å². The van der Waals surface area contributed by atoms with Crippen LogP contribution in [0.5, 0.6) is 0 Å². The third-order valence-corrected chi connectivity index (χ3v) is 6.82. The predicted octanol–water partition coefficient (Wildman–Crippen LogP) is 5.28. The largest absolute Gasteiger partial charge is 0.354 e. The van der Waals surface area contributed by atoms with E-state index >= 15 is 0 Å². The molecule has 2 atom stereocenters. The van der Waals surface area contributed by atoms with Crippen LogP contribution in [0.25, 0.3) is 22.2 Å². The summed E-state index contributed by atoms with van der Waals surface area (Å²) in [6, 6.07) is 11.0. The first kappa shape index (κ1) is 22.5. The van der Waals surface area contributed by atoms with Crippen molar-refractivity contribution in [1.82, 2.24) is 20.2 Å². The lowest BCUT2D eigenvalue weighted by Crippen LogP contribution is -2.47. The highest BCUT2D eigenvalue weighted by Gasteiger charge is 2.27. The minimum Gasteiger partial charge on any atom is -0.354 e. The number of aryl methyl sites for hydroxylation is 2. The SMILES string of the molecule is CN[C@H](C)C(=O)N1CCCC(c2ccc3[nH]c(-c4cc(C)nc(C)c4)c(C(C)C)c3c2)C1. The number of hydrogen-bond donors (Lipinski definition) is 2. The first-order chi connectivity index (χ1) is 15.3. The van der Waals surface area contributed by atoms with E-state index in [-0.39, 0.29) is 11.9 Å². The van der Waals surface area contributed by atoms with E-state index in [1.807, 2.05) is 18.9 Å². The van der Waals surface area contributed by atoms with Crippen molar-refractivity contribution in [2.24, 2.45) is 0 Å². The number of aromatic amines is 1. The van der Waals surface area contributed by atoms with Crippen LogP contribution in [0.4, 0.5) is 0 Å². The number of nitrogens with zero attached hydrogens (tertiary/aromatic N) is 2. The van der Waals surface area contributed by atoms with E-state index < -0.39 is 0 Å². The summed E-state index contributed by atoms with van der Waals surface area (Å²) in [5.41, 5.74) is 8.35. The summed E-state index contributed by atoms with van der Waals surface area (Å²) in [5, 5.41) is 4.38. The van der Waals surface area contributed by atoms with E-state index in [0.29, 0.717) is 11.8 Å². The van der Waals surface area contributed by atoms with Crippen LogP contribution < -0.4 is 5.32 Å². The Labute approximate surface area is 191 Å². The van der Waals surface area contributed by atoms with Crippen LogP contribution >= 0.6 is 0 Å². The van der Waals surface area contributed by atoms with Gasteiger partial charge in [-0.2, -0.15) is 0 Å². The summed E-state index contributed by atoms with van der Waals surface area (Å²) in [7, 11) is 1.85. The van der Waals surface area contributed by atoms with Crippen LogP contribution in [-0.4, -0.2) is 47.0 Å². The van der Waals surface area contributed by atoms with Crippen molar-refractivity contribution in [3.05, 3.63) is 52.8 Å². The number of nitrogens with one attached hydrogen (secondary N) is 2. The van der Waals surface area contributed by atoms with E-state index in [1.54, 1.807) is 0 Å². The quantitative estimate of drug-likeness (QED) is 0.576. The second kappa shape index (κ2) is 9.07. The Morgan fingerprint density at radius 2 is 1.88 bits per heavy atom. The standard InChI is InChI=1S/C27H36N4O/c1-16(2)25-23-14-20(21-8-7-11-31(15-21)27(32)19(5)28-6)9-10-24(23)30-26(25)22-12-17(3)29-18(4)13-22/h9-10,12-14,16,19,21,28,30H,7-8,11,15H2,1-6H3/t19-,21?/m1/s1. The molecule has 1 amide bonds. The number of carbonyl (C=O) groups excluding carboxylic acids is 1. The molecule has 1 aliphatic rings. The highest BCUT2D eigenvalue weighted by Crippen LogP contribution is 2.38. The van der Waals surface area contributed by atoms with Gasteiger partial charge in [-0.1, -0.05) is 19.9 Å². The smallest absolute Gasteiger partial charge is 0.239 e. The molecule has 1 unspecified atom stereocenters. The van der Waals surface area contributed by atoms with Gasteiger partial charge in [0, 0.05) is 46.9 Å². The second-order valence-corrected chi connectivity index (χ2v) is 9.65. The molecule has 1 saturated heterocycles. The Kier molecular flexibility index (Phi) is 6.38. The van der Waals surface area contributed by atoms with Gasteiger partial charge in [0.25, 0.3) is 0 Å². The Morgan fingerprint density at radius 3 is 2.53 bits per heavy atom. The van der Waals surface area contributed by atoms with Gasteiger partial charge in [0.2, 0.25) is 5.91 Å². The molecular formula is C27H36N4O. The lowest BCUT2D eigenvalue weighted by atomic mass is 9.88. The topological polar surface area (TPSA) is 61.0 Å². The first-order valence-corrected chi connectivity index (χ1v) is 11.9. The second-order valence-electron chi connectivity index (χ2n) is 9.65. The van der Waals surface area contributed by atoms with E-state index in [2.05, 4.69) is 73.3 Å². The minimum atomic E-state index is -0.136. The molecule has 5 heteroatoms. The maximum absolute atomic E-state index is 12.7. The van der Waals surface area contributed by atoms with Crippen LogP contribution in [-0.2, 0) is 4.79 Å². The lowest BCUT2D eigenvalue weighted by molar-refractivity contribution is -0.134. The molecule has 0 spiro atoms. The highest BCUT2D eigenvalue weighted by atomic mass is 16.2. The lowest BCUT2D eigenvalue weighted by Gasteiger charge is -2.34. The average molecular weight is 433 g/mol. The number of hydrogen-bond acceptors (Lipinski definition) is 3. The van der Waals surface area contributed by atoms with Gasteiger partial charge in [0.15, 0.2) is 0 Å². The Bertz CT molecular complexity index is 1110. The van der Waals surface area contributed by atoms with E-state index in [4.69, 9.17) is 0 Å². The van der Waals surface area contributed by atoms with Gasteiger partial charge in [-0.3, -0.25) is 9.78 Å². The molecule has 2 N–H and O–H groups in total. The normalized spacial score (nSPS) is 17.8. The van der Waals surface area contributed by atoms with Crippen molar-refractivity contribution in [3.63, 3.8) is 0 Å². The molecule has 32 heavy (non-hydrogen) atoms. The maximum Gasteiger partial charge on any atom is 0.239 e. The average Bonchev–Trinajstić information content (AvgIpc) is 3.16. The van der Waals surface area contributed by atoms with Crippen molar-refractivity contribution < 1.29 is 4.79 Å². The fraction of sp³-hybridized carbons (Fsp3) is 0.481. The number of H-pyrrole nitrogens is 1. The van der Waals surface area contributed by atoms with Crippen molar-refractivity contribution in [3.8, 4) is 11.3 Å². The van der Waals surface area contributed by atoms with Gasteiger partial charge in [0.05, 0.1) is 11.7 Å². The zero-order valence-corrected chi connectivity index (χ0v) is 20.2. The van der Waals surface area contributed by atoms with Crippen LogP contribution in [0.1, 0.15) is 68.0 Å². The molecule has 0 aliphatic carbocycles. The molecule has 1 aromatic carbocycles. The monoisotopic (exact) mass is 432 g/mol. The molecule has 0 radical (unpaired) electrons. The van der Waals surface area contributed by atoms with Gasteiger partial charge in [-0.25, -0.2) is 0 Å². The number of likely N-dealkylation sites (N-methyl/N-ethyl adjacent to an activating group) is 1. The first-order valence-electron chi connectivity index (χ1n) is 11.9. The Hall–Kier alpha value is -2.66. The summed E-state index contributed by atoms with van der Waals surface area (Å²) in [4.78, 5) is 23.0. The van der Waals surface area contributed by atoms with E-state index in [1.165, 1.54) is 33.3 Å². The minimum absolute atomic E-state index is 0.136. The number of likely N-dealkylation sites (tertiary alicyclic amines) is 1. The van der Waals surface area contributed by atoms with E-state index in [9.17, 15) is 4.79 Å². The molecule has 3 heterocycles. The summed E-state index contributed by atoms with van der Waals surface area (Å²) < 4.78 is 0. The molecule has 2 aromatic heterocycles. The molecule has 0 saturated carbocycles. The third-order valence-electron chi connectivity index (χ3n) is 6.82. The maximum atomic E-state index is 12.7. The van der Waals surface area contributed by atoms with Crippen molar-refractivity contribution in [2.75, 3.05) is 20.1 Å².